The second kappa shape index (κ2) is 7.88. The molecule has 0 amide bonds. The Morgan fingerprint density at radius 2 is 1.77 bits per heavy atom. The Balaban J connectivity index is 1.57. The van der Waals surface area contributed by atoms with Crippen LogP contribution in [0.1, 0.15) is 10.4 Å². The van der Waals surface area contributed by atoms with Crippen molar-refractivity contribution >= 4 is 46.3 Å². The normalized spacial score (nSPS) is 14.2. The number of benzene rings is 2. The number of anilines is 2. The molecule has 1 aliphatic rings. The Morgan fingerprint density at radius 1 is 1.12 bits per heavy atom. The molecule has 0 bridgehead atoms. The molecule has 2 aromatic rings. The minimum absolute atomic E-state index is 0.0519. The smallest absolute Gasteiger partial charge is 0.337 e. The number of rotatable bonds is 3. The summed E-state index contributed by atoms with van der Waals surface area (Å²) in [7, 11) is 0. The van der Waals surface area contributed by atoms with Crippen LogP contribution in [0.3, 0.4) is 0 Å². The number of nitrogens with one attached hydrogen (secondary N) is 1. The van der Waals surface area contributed by atoms with Gasteiger partial charge in [0.2, 0.25) is 0 Å². The van der Waals surface area contributed by atoms with Crippen LogP contribution in [-0.2, 0) is 0 Å². The van der Waals surface area contributed by atoms with E-state index in [9.17, 15) is 9.18 Å². The van der Waals surface area contributed by atoms with E-state index < -0.39 is 5.97 Å². The number of hydrogen-bond acceptors (Lipinski definition) is 3. The van der Waals surface area contributed by atoms with Crippen molar-refractivity contribution in [2.24, 2.45) is 0 Å². The summed E-state index contributed by atoms with van der Waals surface area (Å²) in [5.74, 6) is -1.31. The maximum atomic E-state index is 13.0. The Bertz CT molecular complexity index is 824. The van der Waals surface area contributed by atoms with E-state index in [2.05, 4.69) is 10.2 Å². The predicted octanol–water partition coefficient (Wildman–Crippen LogP) is 3.70. The van der Waals surface area contributed by atoms with Gasteiger partial charge in [0.25, 0.3) is 0 Å². The topological polar surface area (TPSA) is 55.8 Å². The highest BCUT2D eigenvalue weighted by Gasteiger charge is 2.19. The Hall–Kier alpha value is -2.38. The predicted molar refractivity (Wildman–Crippen MR) is 105 cm³/mol. The monoisotopic (exact) mass is 393 g/mol. The van der Waals surface area contributed by atoms with Gasteiger partial charge in [-0.3, -0.25) is 0 Å². The summed E-state index contributed by atoms with van der Waals surface area (Å²) in [6, 6.07) is 11.1. The lowest BCUT2D eigenvalue weighted by atomic mass is 10.2. The van der Waals surface area contributed by atoms with E-state index in [-0.39, 0.29) is 16.4 Å². The van der Waals surface area contributed by atoms with Crippen LogP contribution in [0.2, 0.25) is 5.02 Å². The van der Waals surface area contributed by atoms with Gasteiger partial charge in [-0.1, -0.05) is 11.6 Å². The van der Waals surface area contributed by atoms with Crippen LogP contribution < -0.4 is 10.2 Å². The number of piperazine rings is 1. The molecule has 5 nitrogen and oxygen atoms in total. The fraction of sp³-hybridized carbons (Fsp3) is 0.222. The molecule has 2 aromatic carbocycles. The van der Waals surface area contributed by atoms with E-state index in [1.54, 1.807) is 24.3 Å². The first-order valence-corrected chi connectivity index (χ1v) is 8.82. The van der Waals surface area contributed by atoms with Crippen molar-refractivity contribution in [1.29, 1.82) is 0 Å². The van der Waals surface area contributed by atoms with Gasteiger partial charge in [0, 0.05) is 37.6 Å². The van der Waals surface area contributed by atoms with Gasteiger partial charge in [0.05, 0.1) is 10.6 Å². The third-order valence-electron chi connectivity index (χ3n) is 4.21. The molecular weight excluding hydrogens is 377 g/mol. The molecule has 0 spiro atoms. The zero-order valence-corrected chi connectivity index (χ0v) is 15.4. The second-order valence-corrected chi connectivity index (χ2v) is 6.67. The maximum absolute atomic E-state index is 13.0. The van der Waals surface area contributed by atoms with Crippen LogP contribution in [0.5, 0.6) is 0 Å². The van der Waals surface area contributed by atoms with Crippen molar-refractivity contribution in [2.45, 2.75) is 0 Å². The first-order chi connectivity index (χ1) is 12.4. The van der Waals surface area contributed by atoms with E-state index in [1.165, 1.54) is 18.2 Å². The van der Waals surface area contributed by atoms with Crippen LogP contribution in [0.25, 0.3) is 0 Å². The number of carboxylic acid groups (broad SMARTS) is 1. The maximum Gasteiger partial charge on any atom is 0.337 e. The van der Waals surface area contributed by atoms with Gasteiger partial charge in [-0.2, -0.15) is 0 Å². The Labute approximate surface area is 161 Å². The summed E-state index contributed by atoms with van der Waals surface area (Å²) in [5.41, 5.74) is 1.68. The highest BCUT2D eigenvalue weighted by molar-refractivity contribution is 7.80. The highest BCUT2D eigenvalue weighted by Crippen LogP contribution is 2.22. The zero-order chi connectivity index (χ0) is 18.7. The Kier molecular flexibility index (Phi) is 5.58. The van der Waals surface area contributed by atoms with Crippen molar-refractivity contribution in [3.05, 3.63) is 58.9 Å². The number of halogens is 2. The summed E-state index contributed by atoms with van der Waals surface area (Å²) in [6.45, 7) is 2.99. The fourth-order valence-electron chi connectivity index (χ4n) is 2.79. The number of aromatic carboxylic acids is 1. The second-order valence-electron chi connectivity index (χ2n) is 5.88. The van der Waals surface area contributed by atoms with E-state index in [0.29, 0.717) is 10.8 Å². The molecule has 3 rings (SSSR count). The van der Waals surface area contributed by atoms with Gasteiger partial charge in [-0.25, -0.2) is 9.18 Å². The van der Waals surface area contributed by atoms with Gasteiger partial charge in [0.1, 0.15) is 5.82 Å². The summed E-state index contributed by atoms with van der Waals surface area (Å²) in [4.78, 5) is 15.2. The molecule has 0 saturated carbocycles. The summed E-state index contributed by atoms with van der Waals surface area (Å²) < 4.78 is 13.0. The number of hydrogen-bond donors (Lipinski definition) is 2. The van der Waals surface area contributed by atoms with Gasteiger partial charge in [-0.05, 0) is 54.7 Å². The third-order valence-corrected chi connectivity index (χ3v) is 4.88. The third kappa shape index (κ3) is 4.23. The van der Waals surface area contributed by atoms with E-state index in [0.717, 1.165) is 31.9 Å². The van der Waals surface area contributed by atoms with Crippen LogP contribution in [0, 0.1) is 5.82 Å². The van der Waals surface area contributed by atoms with Crippen molar-refractivity contribution in [2.75, 3.05) is 36.4 Å². The molecule has 0 radical (unpaired) electrons. The molecule has 1 heterocycles. The van der Waals surface area contributed by atoms with Crippen molar-refractivity contribution < 1.29 is 14.3 Å². The van der Waals surface area contributed by atoms with Gasteiger partial charge in [-0.15, -0.1) is 0 Å². The zero-order valence-electron chi connectivity index (χ0n) is 13.8. The molecule has 8 heteroatoms. The molecule has 1 saturated heterocycles. The number of thiocarbonyl (C=S) groups is 1. The van der Waals surface area contributed by atoms with E-state index in [4.69, 9.17) is 28.9 Å². The van der Waals surface area contributed by atoms with Crippen LogP contribution in [0.15, 0.2) is 42.5 Å². The van der Waals surface area contributed by atoms with Gasteiger partial charge in [0.15, 0.2) is 5.11 Å². The first kappa shape index (κ1) is 18.4. The molecule has 26 heavy (non-hydrogen) atoms. The lowest BCUT2D eigenvalue weighted by molar-refractivity contribution is 0.0697. The molecular formula is C18H17ClFN3O2S. The summed E-state index contributed by atoms with van der Waals surface area (Å²) in [5, 5.41) is 12.8. The number of carbonyl (C=O) groups is 1. The highest BCUT2D eigenvalue weighted by atomic mass is 35.5. The molecule has 0 unspecified atom stereocenters. The van der Waals surface area contributed by atoms with Crippen molar-refractivity contribution in [1.82, 2.24) is 4.90 Å². The van der Waals surface area contributed by atoms with Gasteiger partial charge < -0.3 is 20.2 Å². The van der Waals surface area contributed by atoms with Crippen LogP contribution in [0.4, 0.5) is 15.8 Å². The lowest BCUT2D eigenvalue weighted by Crippen LogP contribution is -2.50. The van der Waals surface area contributed by atoms with Crippen molar-refractivity contribution in [3.63, 3.8) is 0 Å². The molecule has 1 aliphatic heterocycles. The van der Waals surface area contributed by atoms with Crippen molar-refractivity contribution in [3.8, 4) is 0 Å². The quantitative estimate of drug-likeness (QED) is 0.775. The average Bonchev–Trinajstić information content (AvgIpc) is 2.62. The minimum atomic E-state index is -1.07. The number of carboxylic acids is 1. The summed E-state index contributed by atoms with van der Waals surface area (Å²) >= 11 is 11.4. The van der Waals surface area contributed by atoms with Gasteiger partial charge >= 0.3 is 5.97 Å². The molecule has 0 aromatic heterocycles. The van der Waals surface area contributed by atoms with E-state index in [1.807, 2.05) is 4.90 Å². The molecule has 2 N–H and O–H groups in total. The average molecular weight is 394 g/mol. The van der Waals surface area contributed by atoms with Crippen LogP contribution >= 0.6 is 23.8 Å². The first-order valence-electron chi connectivity index (χ1n) is 8.03. The molecule has 0 atom stereocenters. The molecule has 136 valence electrons. The standard InChI is InChI=1S/C18H17ClFN3O2S/c19-16-11-13(3-6-15(16)17(24)25)21-18(26)23-9-7-22(8-10-23)14-4-1-12(20)2-5-14/h1-6,11H,7-10H2,(H,21,26)(H,24,25). The van der Waals surface area contributed by atoms with Crippen LogP contribution in [-0.4, -0.2) is 47.3 Å². The Morgan fingerprint density at radius 3 is 2.35 bits per heavy atom. The largest absolute Gasteiger partial charge is 0.478 e. The number of nitrogens with zero attached hydrogens (tertiary/aromatic N) is 2. The summed E-state index contributed by atoms with van der Waals surface area (Å²) in [6.07, 6.45) is 0. The SMILES string of the molecule is O=C(O)c1ccc(NC(=S)N2CCN(c3ccc(F)cc3)CC2)cc1Cl. The van der Waals surface area contributed by atoms with E-state index >= 15 is 0 Å². The molecule has 1 fully saturated rings. The minimum Gasteiger partial charge on any atom is -0.478 e. The lowest BCUT2D eigenvalue weighted by Gasteiger charge is -2.37. The molecule has 0 aliphatic carbocycles. The fourth-order valence-corrected chi connectivity index (χ4v) is 3.35.